The first kappa shape index (κ1) is 23.2. The lowest BCUT2D eigenvalue weighted by molar-refractivity contribution is -0.161. The Labute approximate surface area is 204 Å². The van der Waals surface area contributed by atoms with Gasteiger partial charge in [0.25, 0.3) is 0 Å². The summed E-state index contributed by atoms with van der Waals surface area (Å²) in [6.07, 6.45) is -0.0807. The smallest absolute Gasteiger partial charge is 0.383 e. The van der Waals surface area contributed by atoms with E-state index in [1.54, 1.807) is 6.20 Å². The molecule has 2 saturated carbocycles. The summed E-state index contributed by atoms with van der Waals surface area (Å²) in [5, 5.41) is 8.15. The highest BCUT2D eigenvalue weighted by atomic mass is 19.4. The van der Waals surface area contributed by atoms with Crippen LogP contribution < -0.4 is 16.4 Å². The lowest BCUT2D eigenvalue weighted by atomic mass is 10.0. The number of fused-ring (bicyclic) bond motifs is 1. The highest BCUT2D eigenvalue weighted by Gasteiger charge is 2.66. The van der Waals surface area contributed by atoms with E-state index in [1.807, 2.05) is 4.57 Å². The van der Waals surface area contributed by atoms with Gasteiger partial charge < -0.3 is 20.1 Å². The first-order valence-electron chi connectivity index (χ1n) is 11.3. The molecule has 0 aliphatic heterocycles. The van der Waals surface area contributed by atoms with Crippen LogP contribution in [0, 0.1) is 11.6 Å². The number of benzene rings is 1. The third kappa shape index (κ3) is 3.83. The summed E-state index contributed by atoms with van der Waals surface area (Å²) in [5.41, 5.74) is 3.63. The van der Waals surface area contributed by atoms with Gasteiger partial charge in [-0.05, 0) is 37.8 Å². The molecule has 0 spiro atoms. The number of alkyl halides is 3. The topological polar surface area (TPSA) is 124 Å². The van der Waals surface area contributed by atoms with E-state index in [0.29, 0.717) is 11.0 Å². The second-order valence-electron chi connectivity index (χ2n) is 9.19. The molecule has 1 aromatic carbocycles. The number of nitrogens with zero attached hydrogens (tertiary/aromatic N) is 4. The maximum atomic E-state index is 15.2. The summed E-state index contributed by atoms with van der Waals surface area (Å²) in [5.74, 6) is -2.22. The maximum absolute atomic E-state index is 15.2. The van der Waals surface area contributed by atoms with Gasteiger partial charge in [0.15, 0.2) is 0 Å². The molecule has 0 bridgehead atoms. The van der Waals surface area contributed by atoms with Crippen LogP contribution >= 0.6 is 0 Å². The molecule has 4 N–H and O–H groups in total. The van der Waals surface area contributed by atoms with E-state index in [0.717, 1.165) is 31.0 Å². The highest BCUT2D eigenvalue weighted by Crippen LogP contribution is 2.58. The molecule has 3 heterocycles. The second kappa shape index (κ2) is 7.88. The van der Waals surface area contributed by atoms with Crippen molar-refractivity contribution < 1.29 is 31.3 Å². The van der Waals surface area contributed by atoms with Crippen LogP contribution in [0.15, 0.2) is 35.2 Å². The number of aromatic nitrogens is 4. The number of nitrogens with two attached hydrogens (primary N) is 1. The van der Waals surface area contributed by atoms with E-state index in [4.69, 9.17) is 10.3 Å². The number of rotatable bonds is 5. The summed E-state index contributed by atoms with van der Waals surface area (Å²) in [6, 6.07) is 1.96. The largest absolute Gasteiger partial charge is 0.400 e. The van der Waals surface area contributed by atoms with E-state index < -0.39 is 29.3 Å². The fourth-order valence-electron chi connectivity index (χ4n) is 4.48. The van der Waals surface area contributed by atoms with Crippen LogP contribution in [0.3, 0.4) is 0 Å². The van der Waals surface area contributed by atoms with Gasteiger partial charge in [0.2, 0.25) is 5.88 Å². The van der Waals surface area contributed by atoms with Crippen molar-refractivity contribution in [1.82, 2.24) is 19.7 Å². The van der Waals surface area contributed by atoms with E-state index in [2.05, 4.69) is 25.8 Å². The quantitative estimate of drug-likeness (QED) is 0.298. The normalized spacial score (nSPS) is 16.7. The Morgan fingerprint density at radius 1 is 1.11 bits per heavy atom. The third-order valence-electron chi connectivity index (χ3n) is 6.68. The molecule has 192 valence electrons. The van der Waals surface area contributed by atoms with E-state index in [1.165, 1.54) is 6.33 Å². The zero-order valence-corrected chi connectivity index (χ0v) is 18.9. The Morgan fingerprint density at radius 2 is 1.81 bits per heavy atom. The Hall–Kier alpha value is -4.23. The fraction of sp³-hybridized carbons (Fsp3) is 0.304. The van der Waals surface area contributed by atoms with Gasteiger partial charge >= 0.3 is 12.2 Å². The molecule has 2 amide bonds. The van der Waals surface area contributed by atoms with Crippen LogP contribution in [0.4, 0.5) is 44.1 Å². The Bertz CT molecular complexity index is 1530. The lowest BCUT2D eigenvalue weighted by Crippen LogP contribution is -2.28. The van der Waals surface area contributed by atoms with Gasteiger partial charge in [0.1, 0.15) is 40.5 Å². The summed E-state index contributed by atoms with van der Waals surface area (Å²) in [6.45, 7) is 0. The molecule has 2 aliphatic rings. The summed E-state index contributed by atoms with van der Waals surface area (Å²) < 4.78 is 76.7. The lowest BCUT2D eigenvalue weighted by Gasteiger charge is -2.15. The first-order chi connectivity index (χ1) is 17.6. The van der Waals surface area contributed by atoms with E-state index in [9.17, 15) is 18.0 Å². The van der Waals surface area contributed by atoms with Gasteiger partial charge in [0, 0.05) is 29.6 Å². The molecule has 14 heteroatoms. The van der Waals surface area contributed by atoms with Gasteiger partial charge in [-0.25, -0.2) is 23.5 Å². The number of nitrogens with one attached hydrogen (secondary N) is 2. The van der Waals surface area contributed by atoms with Crippen molar-refractivity contribution in [2.45, 2.75) is 43.3 Å². The second-order valence-corrected chi connectivity index (χ2v) is 9.19. The van der Waals surface area contributed by atoms with Crippen LogP contribution in [0.5, 0.6) is 0 Å². The van der Waals surface area contributed by atoms with Crippen molar-refractivity contribution in [3.05, 3.63) is 48.1 Å². The molecule has 37 heavy (non-hydrogen) atoms. The Morgan fingerprint density at radius 3 is 2.43 bits per heavy atom. The van der Waals surface area contributed by atoms with Gasteiger partial charge in [0.05, 0.1) is 10.9 Å². The van der Waals surface area contributed by atoms with Crippen molar-refractivity contribution in [3.8, 4) is 11.1 Å². The van der Waals surface area contributed by atoms with Crippen molar-refractivity contribution >= 4 is 34.5 Å². The molecule has 2 fully saturated rings. The number of nitrogen functional groups attached to an aromatic ring is 1. The molecule has 0 saturated heterocycles. The zero-order valence-electron chi connectivity index (χ0n) is 18.9. The number of amides is 2. The molecule has 6 rings (SSSR count). The summed E-state index contributed by atoms with van der Waals surface area (Å²) in [7, 11) is 0. The predicted octanol–water partition coefficient (Wildman–Crippen LogP) is 5.52. The molecule has 9 nitrogen and oxygen atoms in total. The van der Waals surface area contributed by atoms with E-state index in [-0.39, 0.29) is 53.1 Å². The standard InChI is InChI=1S/C23H18F5N7O2/c24-13-5-10(32-21(36)33-16-7-15(34-37-16)22(3-4-22)23(26,27)28)6-14(25)17(13)12-8-35(11-1-2-11)20-18(12)19(29)30-9-31-20/h5-9,11H,1-4H2,(H2,29,30,31)(H2,32,33,36). The zero-order chi connectivity index (χ0) is 26.1. The molecule has 3 aromatic heterocycles. The minimum atomic E-state index is -4.50. The molecule has 0 radical (unpaired) electrons. The van der Waals surface area contributed by atoms with Crippen LogP contribution in [-0.4, -0.2) is 31.9 Å². The van der Waals surface area contributed by atoms with Gasteiger partial charge in [-0.15, -0.1) is 0 Å². The molecular formula is C23H18F5N7O2. The number of anilines is 3. The SMILES string of the molecule is Nc1ncnc2c1c(-c1c(F)cc(NC(=O)Nc3cc(C4(C(F)(F)F)CC4)no3)cc1F)cn2C1CC1. The minimum absolute atomic E-state index is 0.0738. The van der Waals surface area contributed by atoms with Crippen molar-refractivity contribution in [2.24, 2.45) is 0 Å². The average Bonchev–Trinajstić information content (AvgIpc) is 3.73. The van der Waals surface area contributed by atoms with Crippen molar-refractivity contribution in [1.29, 1.82) is 0 Å². The number of hydrogen-bond acceptors (Lipinski definition) is 6. The number of carbonyl (C=O) groups excluding carboxylic acids is 1. The number of hydrogen-bond donors (Lipinski definition) is 3. The summed E-state index contributed by atoms with van der Waals surface area (Å²) >= 11 is 0. The average molecular weight is 519 g/mol. The van der Waals surface area contributed by atoms with Crippen molar-refractivity contribution in [3.63, 3.8) is 0 Å². The van der Waals surface area contributed by atoms with Crippen LogP contribution in [0.2, 0.25) is 0 Å². The number of halogens is 5. The Balaban J connectivity index is 1.24. The molecule has 0 atom stereocenters. The van der Waals surface area contributed by atoms with Crippen LogP contribution in [0.1, 0.15) is 37.4 Å². The molecule has 2 aliphatic carbocycles. The number of carbonyl (C=O) groups is 1. The first-order valence-corrected chi connectivity index (χ1v) is 11.3. The number of urea groups is 1. The fourth-order valence-corrected chi connectivity index (χ4v) is 4.48. The van der Waals surface area contributed by atoms with E-state index >= 15 is 8.78 Å². The molecule has 0 unspecified atom stereocenters. The Kier molecular flexibility index (Phi) is 4.94. The monoisotopic (exact) mass is 519 g/mol. The predicted molar refractivity (Wildman–Crippen MR) is 122 cm³/mol. The van der Waals surface area contributed by atoms with Gasteiger partial charge in [-0.2, -0.15) is 13.2 Å². The third-order valence-corrected chi connectivity index (χ3v) is 6.68. The highest BCUT2D eigenvalue weighted by molar-refractivity contribution is 6.02. The molecule has 4 aromatic rings. The maximum Gasteiger partial charge on any atom is 0.400 e. The summed E-state index contributed by atoms with van der Waals surface area (Å²) in [4.78, 5) is 20.5. The van der Waals surface area contributed by atoms with Crippen LogP contribution in [-0.2, 0) is 5.41 Å². The molecular weight excluding hydrogens is 501 g/mol. The van der Waals surface area contributed by atoms with Crippen LogP contribution in [0.25, 0.3) is 22.2 Å². The van der Waals surface area contributed by atoms with Gasteiger partial charge in [-0.3, -0.25) is 5.32 Å². The van der Waals surface area contributed by atoms with Gasteiger partial charge in [-0.1, -0.05) is 5.16 Å². The van der Waals surface area contributed by atoms with Crippen molar-refractivity contribution in [2.75, 3.05) is 16.4 Å². The minimum Gasteiger partial charge on any atom is -0.383 e.